The first-order chi connectivity index (χ1) is 7.63. The fraction of sp³-hybridized carbons (Fsp3) is 0.273. The standard InChI is InChI=1S/C11H15N3O2/c12-7-10(15)14-9(11(13)16)6-8-4-2-1-3-5-8/h1-5,9H,6-7,12H2,(H2,13,16)(H,14,15)/t9-/m0/s1. The predicted octanol–water partition coefficient (Wildman–Crippen LogP) is -0.842. The third kappa shape index (κ3) is 3.70. The Kier molecular flexibility index (Phi) is 4.47. The number of nitrogens with one attached hydrogen (secondary N) is 1. The van der Waals surface area contributed by atoms with Gasteiger partial charge in [0.25, 0.3) is 0 Å². The fourth-order valence-corrected chi connectivity index (χ4v) is 1.33. The van der Waals surface area contributed by atoms with Gasteiger partial charge in [-0.3, -0.25) is 9.59 Å². The maximum absolute atomic E-state index is 11.1. The number of rotatable bonds is 5. The maximum Gasteiger partial charge on any atom is 0.240 e. The average Bonchev–Trinajstić information content (AvgIpc) is 2.29. The first kappa shape index (κ1) is 12.2. The van der Waals surface area contributed by atoms with Crippen molar-refractivity contribution in [3.63, 3.8) is 0 Å². The van der Waals surface area contributed by atoms with Gasteiger partial charge in [0.1, 0.15) is 6.04 Å². The molecule has 5 heteroatoms. The van der Waals surface area contributed by atoms with E-state index in [4.69, 9.17) is 11.5 Å². The van der Waals surface area contributed by atoms with Gasteiger partial charge in [0.2, 0.25) is 11.8 Å². The molecule has 5 N–H and O–H groups in total. The van der Waals surface area contributed by atoms with Gasteiger partial charge in [0, 0.05) is 6.42 Å². The van der Waals surface area contributed by atoms with Gasteiger partial charge in [0.15, 0.2) is 0 Å². The van der Waals surface area contributed by atoms with E-state index in [0.717, 1.165) is 5.56 Å². The van der Waals surface area contributed by atoms with E-state index in [9.17, 15) is 9.59 Å². The third-order valence-corrected chi connectivity index (χ3v) is 2.15. The molecule has 1 aromatic rings. The van der Waals surface area contributed by atoms with Crippen molar-refractivity contribution in [2.24, 2.45) is 11.5 Å². The van der Waals surface area contributed by atoms with Crippen LogP contribution in [0.2, 0.25) is 0 Å². The van der Waals surface area contributed by atoms with Crippen molar-refractivity contribution in [2.45, 2.75) is 12.5 Å². The molecule has 0 spiro atoms. The van der Waals surface area contributed by atoms with Crippen LogP contribution in [-0.4, -0.2) is 24.4 Å². The molecule has 0 radical (unpaired) electrons. The normalized spacial score (nSPS) is 11.8. The molecular weight excluding hydrogens is 206 g/mol. The molecule has 0 saturated heterocycles. The van der Waals surface area contributed by atoms with Crippen LogP contribution in [0.1, 0.15) is 5.56 Å². The van der Waals surface area contributed by atoms with Crippen LogP contribution < -0.4 is 16.8 Å². The van der Waals surface area contributed by atoms with Crippen molar-refractivity contribution in [1.82, 2.24) is 5.32 Å². The Hall–Kier alpha value is -1.88. The summed E-state index contributed by atoms with van der Waals surface area (Å²) in [5, 5.41) is 2.48. The van der Waals surface area contributed by atoms with E-state index in [-0.39, 0.29) is 12.5 Å². The highest BCUT2D eigenvalue weighted by Crippen LogP contribution is 2.02. The molecule has 16 heavy (non-hydrogen) atoms. The van der Waals surface area contributed by atoms with Crippen LogP contribution >= 0.6 is 0 Å². The number of benzene rings is 1. The molecule has 0 saturated carbocycles. The molecule has 0 aliphatic heterocycles. The minimum absolute atomic E-state index is 0.154. The molecule has 0 heterocycles. The maximum atomic E-state index is 11.1. The molecular formula is C11H15N3O2. The van der Waals surface area contributed by atoms with E-state index < -0.39 is 11.9 Å². The average molecular weight is 221 g/mol. The van der Waals surface area contributed by atoms with Gasteiger partial charge >= 0.3 is 0 Å². The van der Waals surface area contributed by atoms with Crippen molar-refractivity contribution >= 4 is 11.8 Å². The first-order valence-corrected chi connectivity index (χ1v) is 4.96. The summed E-state index contributed by atoms with van der Waals surface area (Å²) in [7, 11) is 0. The van der Waals surface area contributed by atoms with Gasteiger partial charge in [-0.25, -0.2) is 0 Å². The highest BCUT2D eigenvalue weighted by atomic mass is 16.2. The summed E-state index contributed by atoms with van der Waals surface area (Å²) < 4.78 is 0. The van der Waals surface area contributed by atoms with Crippen molar-refractivity contribution in [3.8, 4) is 0 Å². The Labute approximate surface area is 93.8 Å². The van der Waals surface area contributed by atoms with E-state index >= 15 is 0 Å². The minimum atomic E-state index is -0.710. The van der Waals surface area contributed by atoms with Gasteiger partial charge < -0.3 is 16.8 Å². The van der Waals surface area contributed by atoms with Gasteiger partial charge in [-0.15, -0.1) is 0 Å². The Morgan fingerprint density at radius 3 is 2.38 bits per heavy atom. The molecule has 0 fully saturated rings. The lowest BCUT2D eigenvalue weighted by atomic mass is 10.1. The molecule has 1 aromatic carbocycles. The van der Waals surface area contributed by atoms with Gasteiger partial charge in [0.05, 0.1) is 6.54 Å². The van der Waals surface area contributed by atoms with Crippen molar-refractivity contribution in [3.05, 3.63) is 35.9 Å². The summed E-state index contributed by atoms with van der Waals surface area (Å²) in [6.45, 7) is -0.154. The number of nitrogens with two attached hydrogens (primary N) is 2. The largest absolute Gasteiger partial charge is 0.368 e. The highest BCUT2D eigenvalue weighted by Gasteiger charge is 2.17. The van der Waals surface area contributed by atoms with Crippen LogP contribution in [-0.2, 0) is 16.0 Å². The van der Waals surface area contributed by atoms with Crippen LogP contribution in [0.4, 0.5) is 0 Å². The molecule has 5 nitrogen and oxygen atoms in total. The Bertz CT molecular complexity index is 365. The smallest absolute Gasteiger partial charge is 0.240 e. The molecule has 1 rings (SSSR count). The second-order valence-electron chi connectivity index (χ2n) is 3.42. The van der Waals surface area contributed by atoms with Gasteiger partial charge in [-0.05, 0) is 5.56 Å². The van der Waals surface area contributed by atoms with E-state index in [1.165, 1.54) is 0 Å². The minimum Gasteiger partial charge on any atom is -0.368 e. The molecule has 86 valence electrons. The lowest BCUT2D eigenvalue weighted by molar-refractivity contribution is -0.126. The van der Waals surface area contributed by atoms with Crippen LogP contribution in [0.15, 0.2) is 30.3 Å². The highest BCUT2D eigenvalue weighted by molar-refractivity contribution is 5.87. The quantitative estimate of drug-likeness (QED) is 0.604. The summed E-state index contributed by atoms with van der Waals surface area (Å²) in [5.41, 5.74) is 11.3. The molecule has 0 bridgehead atoms. The summed E-state index contributed by atoms with van der Waals surface area (Å²) in [6.07, 6.45) is 0.377. The van der Waals surface area contributed by atoms with Crippen LogP contribution in [0, 0.1) is 0 Å². The van der Waals surface area contributed by atoms with E-state index in [0.29, 0.717) is 6.42 Å². The first-order valence-electron chi connectivity index (χ1n) is 4.96. The van der Waals surface area contributed by atoms with Gasteiger partial charge in [-0.2, -0.15) is 0 Å². The Balaban J connectivity index is 2.65. The SMILES string of the molecule is NCC(=O)N[C@@H](Cc1ccccc1)C(N)=O. The molecule has 0 aliphatic carbocycles. The van der Waals surface area contributed by atoms with Crippen molar-refractivity contribution in [1.29, 1.82) is 0 Å². The summed E-state index contributed by atoms with van der Waals surface area (Å²) in [4.78, 5) is 22.2. The zero-order chi connectivity index (χ0) is 12.0. The Morgan fingerprint density at radius 1 is 1.25 bits per heavy atom. The molecule has 0 aromatic heterocycles. The number of hydrogen-bond acceptors (Lipinski definition) is 3. The number of carbonyl (C=O) groups excluding carboxylic acids is 2. The van der Waals surface area contributed by atoms with Crippen LogP contribution in [0.5, 0.6) is 0 Å². The number of hydrogen-bond donors (Lipinski definition) is 3. The monoisotopic (exact) mass is 221 g/mol. The zero-order valence-electron chi connectivity index (χ0n) is 8.85. The summed E-state index contributed by atoms with van der Waals surface area (Å²) in [5.74, 6) is -0.953. The summed E-state index contributed by atoms with van der Waals surface area (Å²) in [6, 6.07) is 8.62. The lowest BCUT2D eigenvalue weighted by Crippen LogP contribution is -2.47. The number of amides is 2. The van der Waals surface area contributed by atoms with E-state index in [2.05, 4.69) is 5.32 Å². The predicted molar refractivity (Wildman–Crippen MR) is 60.3 cm³/mol. The topological polar surface area (TPSA) is 98.2 Å². The second kappa shape index (κ2) is 5.87. The Morgan fingerprint density at radius 2 is 1.88 bits per heavy atom. The van der Waals surface area contributed by atoms with Crippen LogP contribution in [0.25, 0.3) is 0 Å². The van der Waals surface area contributed by atoms with Crippen LogP contribution in [0.3, 0.4) is 0 Å². The molecule has 1 atom stereocenters. The molecule has 0 aliphatic rings. The lowest BCUT2D eigenvalue weighted by Gasteiger charge is -2.14. The second-order valence-corrected chi connectivity index (χ2v) is 3.42. The van der Waals surface area contributed by atoms with E-state index in [1.807, 2.05) is 30.3 Å². The molecule has 2 amide bonds. The van der Waals surface area contributed by atoms with Crippen molar-refractivity contribution < 1.29 is 9.59 Å². The fourth-order valence-electron chi connectivity index (χ4n) is 1.33. The van der Waals surface area contributed by atoms with E-state index in [1.54, 1.807) is 0 Å². The van der Waals surface area contributed by atoms with Crippen molar-refractivity contribution in [2.75, 3.05) is 6.54 Å². The van der Waals surface area contributed by atoms with Gasteiger partial charge in [-0.1, -0.05) is 30.3 Å². The number of carbonyl (C=O) groups is 2. The summed E-state index contributed by atoms with van der Waals surface area (Å²) >= 11 is 0. The number of primary amides is 1. The zero-order valence-corrected chi connectivity index (χ0v) is 8.85. The molecule has 0 unspecified atom stereocenters. The third-order valence-electron chi connectivity index (χ3n) is 2.15.